The van der Waals surface area contributed by atoms with Gasteiger partial charge in [0.15, 0.2) is 0 Å². The molecule has 0 aliphatic carbocycles. The third kappa shape index (κ3) is 5.25. The Labute approximate surface area is 166 Å². The van der Waals surface area contributed by atoms with Gasteiger partial charge < -0.3 is 20.1 Å². The monoisotopic (exact) mass is 384 g/mol. The number of nitrogens with one attached hydrogen (secondary N) is 2. The zero-order valence-electron chi connectivity index (χ0n) is 17.3. The van der Waals surface area contributed by atoms with Crippen LogP contribution in [-0.2, 0) is 4.79 Å². The number of benzene rings is 2. The predicted molar refractivity (Wildman–Crippen MR) is 110 cm³/mol. The van der Waals surface area contributed by atoms with E-state index in [4.69, 9.17) is 9.47 Å². The maximum atomic E-state index is 12.7. The third-order valence-corrected chi connectivity index (χ3v) is 4.31. The number of carbonyl (C=O) groups is 2. The SMILES string of the molecule is COc1ccc(OC)c(C(C)NC(=O)c2cccc(NC(=O)C(C)(C)C)c2)c1. The summed E-state index contributed by atoms with van der Waals surface area (Å²) >= 11 is 0. The topological polar surface area (TPSA) is 76.7 Å². The molecule has 6 heteroatoms. The molecule has 0 spiro atoms. The second-order valence-corrected chi connectivity index (χ2v) is 7.59. The quantitative estimate of drug-likeness (QED) is 0.783. The minimum Gasteiger partial charge on any atom is -0.497 e. The fraction of sp³-hybridized carbons (Fsp3) is 0.364. The fourth-order valence-electron chi connectivity index (χ4n) is 2.59. The lowest BCUT2D eigenvalue weighted by Crippen LogP contribution is -2.28. The highest BCUT2D eigenvalue weighted by Crippen LogP contribution is 2.29. The third-order valence-electron chi connectivity index (χ3n) is 4.31. The smallest absolute Gasteiger partial charge is 0.251 e. The lowest BCUT2D eigenvalue weighted by Gasteiger charge is -2.19. The second-order valence-electron chi connectivity index (χ2n) is 7.59. The van der Waals surface area contributed by atoms with Crippen molar-refractivity contribution in [1.82, 2.24) is 5.32 Å². The van der Waals surface area contributed by atoms with Gasteiger partial charge in [0.1, 0.15) is 11.5 Å². The zero-order valence-corrected chi connectivity index (χ0v) is 17.3. The molecule has 2 rings (SSSR count). The maximum Gasteiger partial charge on any atom is 0.251 e. The first-order chi connectivity index (χ1) is 13.2. The summed E-state index contributed by atoms with van der Waals surface area (Å²) in [5.74, 6) is 0.993. The van der Waals surface area contributed by atoms with Gasteiger partial charge in [-0.1, -0.05) is 26.8 Å². The van der Waals surface area contributed by atoms with Crippen LogP contribution in [0.5, 0.6) is 11.5 Å². The fourth-order valence-corrected chi connectivity index (χ4v) is 2.59. The molecule has 1 unspecified atom stereocenters. The Morgan fingerprint density at radius 2 is 1.71 bits per heavy atom. The Morgan fingerprint density at radius 1 is 1.00 bits per heavy atom. The van der Waals surface area contributed by atoms with Gasteiger partial charge >= 0.3 is 0 Å². The Bertz CT molecular complexity index is 856. The van der Waals surface area contributed by atoms with Crippen LogP contribution >= 0.6 is 0 Å². The molecule has 1 atom stereocenters. The van der Waals surface area contributed by atoms with E-state index in [1.54, 1.807) is 50.6 Å². The van der Waals surface area contributed by atoms with Gasteiger partial charge in [-0.2, -0.15) is 0 Å². The van der Waals surface area contributed by atoms with Crippen LogP contribution in [0.1, 0.15) is 49.7 Å². The first-order valence-corrected chi connectivity index (χ1v) is 9.10. The van der Waals surface area contributed by atoms with Crippen molar-refractivity contribution in [1.29, 1.82) is 0 Å². The van der Waals surface area contributed by atoms with Crippen molar-refractivity contribution in [2.45, 2.75) is 33.7 Å². The molecular formula is C22H28N2O4. The van der Waals surface area contributed by atoms with Crippen molar-refractivity contribution in [3.05, 3.63) is 53.6 Å². The molecule has 0 heterocycles. The van der Waals surface area contributed by atoms with Gasteiger partial charge in [0.05, 0.1) is 20.3 Å². The number of anilines is 1. The zero-order chi connectivity index (χ0) is 20.9. The summed E-state index contributed by atoms with van der Waals surface area (Å²) in [6.45, 7) is 7.38. The second kappa shape index (κ2) is 8.78. The molecule has 150 valence electrons. The van der Waals surface area contributed by atoms with Gasteiger partial charge in [-0.25, -0.2) is 0 Å². The molecule has 0 fully saturated rings. The van der Waals surface area contributed by atoms with Crippen LogP contribution < -0.4 is 20.1 Å². The molecular weight excluding hydrogens is 356 g/mol. The van der Waals surface area contributed by atoms with Crippen LogP contribution in [0.3, 0.4) is 0 Å². The number of ether oxygens (including phenoxy) is 2. The summed E-state index contributed by atoms with van der Waals surface area (Å²) in [4.78, 5) is 24.9. The summed E-state index contributed by atoms with van der Waals surface area (Å²) in [6, 6.07) is 12.0. The summed E-state index contributed by atoms with van der Waals surface area (Å²) in [5, 5.41) is 5.80. The van der Waals surface area contributed by atoms with Crippen molar-refractivity contribution in [3.8, 4) is 11.5 Å². The van der Waals surface area contributed by atoms with Crippen LogP contribution in [0.2, 0.25) is 0 Å². The van der Waals surface area contributed by atoms with Gasteiger partial charge in [0.25, 0.3) is 5.91 Å². The molecule has 0 aliphatic heterocycles. The van der Waals surface area contributed by atoms with Crippen molar-refractivity contribution in [2.75, 3.05) is 19.5 Å². The summed E-state index contributed by atoms with van der Waals surface area (Å²) in [6.07, 6.45) is 0. The minimum atomic E-state index is -0.518. The van der Waals surface area contributed by atoms with Gasteiger partial charge in [0, 0.05) is 22.2 Å². The van der Waals surface area contributed by atoms with E-state index in [2.05, 4.69) is 10.6 Å². The Morgan fingerprint density at radius 3 is 2.32 bits per heavy atom. The summed E-state index contributed by atoms with van der Waals surface area (Å²) < 4.78 is 10.7. The molecule has 0 aliphatic rings. The normalized spacial score (nSPS) is 12.1. The van der Waals surface area contributed by atoms with E-state index in [1.165, 1.54) is 0 Å². The Hall–Kier alpha value is -3.02. The highest BCUT2D eigenvalue weighted by Gasteiger charge is 2.22. The van der Waals surface area contributed by atoms with E-state index in [1.807, 2.05) is 33.8 Å². The molecule has 6 nitrogen and oxygen atoms in total. The number of hydrogen-bond acceptors (Lipinski definition) is 4. The van der Waals surface area contributed by atoms with Crippen molar-refractivity contribution in [2.24, 2.45) is 5.41 Å². The van der Waals surface area contributed by atoms with E-state index < -0.39 is 5.41 Å². The average molecular weight is 384 g/mol. The number of rotatable bonds is 6. The molecule has 0 saturated carbocycles. The predicted octanol–water partition coefficient (Wildman–Crippen LogP) is 4.18. The number of carbonyl (C=O) groups excluding carboxylic acids is 2. The summed E-state index contributed by atoms with van der Waals surface area (Å²) in [7, 11) is 3.17. The number of amides is 2. The van der Waals surface area contributed by atoms with Crippen molar-refractivity contribution in [3.63, 3.8) is 0 Å². The standard InChI is InChI=1S/C22H28N2O4/c1-14(18-13-17(27-5)10-11-19(18)28-6)23-20(25)15-8-7-9-16(12-15)24-21(26)22(2,3)4/h7-14H,1-6H3,(H,23,25)(H,24,26). The highest BCUT2D eigenvalue weighted by atomic mass is 16.5. The average Bonchev–Trinajstić information content (AvgIpc) is 2.66. The van der Waals surface area contributed by atoms with Gasteiger partial charge in [-0.3, -0.25) is 9.59 Å². The Kier molecular flexibility index (Phi) is 6.67. The maximum absolute atomic E-state index is 12.7. The molecule has 2 aromatic carbocycles. The number of methoxy groups -OCH3 is 2. The van der Waals surface area contributed by atoms with Crippen LogP contribution in [-0.4, -0.2) is 26.0 Å². The molecule has 2 amide bonds. The van der Waals surface area contributed by atoms with Crippen LogP contribution in [0, 0.1) is 5.41 Å². The van der Waals surface area contributed by atoms with E-state index in [0.717, 1.165) is 5.56 Å². The molecule has 2 aromatic rings. The first kappa shape index (κ1) is 21.3. The molecule has 0 bridgehead atoms. The van der Waals surface area contributed by atoms with Crippen molar-refractivity contribution < 1.29 is 19.1 Å². The minimum absolute atomic E-state index is 0.112. The molecule has 0 aromatic heterocycles. The van der Waals surface area contributed by atoms with Gasteiger partial charge in [0.2, 0.25) is 5.91 Å². The van der Waals surface area contributed by atoms with E-state index >= 15 is 0 Å². The van der Waals surface area contributed by atoms with Gasteiger partial charge in [-0.05, 0) is 43.3 Å². The first-order valence-electron chi connectivity index (χ1n) is 9.10. The van der Waals surface area contributed by atoms with Crippen LogP contribution in [0.25, 0.3) is 0 Å². The number of hydrogen-bond donors (Lipinski definition) is 2. The Balaban J connectivity index is 2.17. The van der Waals surface area contributed by atoms with E-state index in [9.17, 15) is 9.59 Å². The van der Waals surface area contributed by atoms with Crippen LogP contribution in [0.4, 0.5) is 5.69 Å². The van der Waals surface area contributed by atoms with E-state index in [-0.39, 0.29) is 17.9 Å². The molecule has 0 radical (unpaired) electrons. The largest absolute Gasteiger partial charge is 0.497 e. The molecule has 2 N–H and O–H groups in total. The van der Waals surface area contributed by atoms with Crippen LogP contribution in [0.15, 0.2) is 42.5 Å². The molecule has 0 saturated heterocycles. The summed E-state index contributed by atoms with van der Waals surface area (Å²) in [5.41, 5.74) is 1.34. The molecule has 28 heavy (non-hydrogen) atoms. The van der Waals surface area contributed by atoms with Crippen molar-refractivity contribution >= 4 is 17.5 Å². The lowest BCUT2D eigenvalue weighted by atomic mass is 9.95. The highest BCUT2D eigenvalue weighted by molar-refractivity contribution is 5.98. The lowest BCUT2D eigenvalue weighted by molar-refractivity contribution is -0.123. The van der Waals surface area contributed by atoms with E-state index in [0.29, 0.717) is 22.7 Å². The van der Waals surface area contributed by atoms with Gasteiger partial charge in [-0.15, -0.1) is 0 Å².